The van der Waals surface area contributed by atoms with Crippen molar-refractivity contribution in [2.75, 3.05) is 44.2 Å². The Labute approximate surface area is 241 Å². The van der Waals surface area contributed by atoms with Gasteiger partial charge in [0.05, 0.1) is 18.7 Å². The molecule has 0 bridgehead atoms. The highest BCUT2D eigenvalue weighted by atomic mass is 16.2. The number of aromatic nitrogens is 2. The largest absolute Gasteiger partial charge is 0.352 e. The van der Waals surface area contributed by atoms with Gasteiger partial charge in [0.2, 0.25) is 11.8 Å². The third-order valence-corrected chi connectivity index (χ3v) is 7.95. The third kappa shape index (κ3) is 6.80. The van der Waals surface area contributed by atoms with Gasteiger partial charge in [0.25, 0.3) is 0 Å². The summed E-state index contributed by atoms with van der Waals surface area (Å²) in [7, 11) is 0. The molecule has 0 unspecified atom stereocenters. The highest BCUT2D eigenvalue weighted by Gasteiger charge is 2.30. The molecule has 7 heteroatoms. The Morgan fingerprint density at radius 2 is 1.34 bits per heavy atom. The Morgan fingerprint density at radius 1 is 0.707 bits per heavy atom. The van der Waals surface area contributed by atoms with E-state index >= 15 is 0 Å². The average Bonchev–Trinajstić information content (AvgIpc) is 3.86. The lowest BCUT2D eigenvalue weighted by Gasteiger charge is -2.36. The van der Waals surface area contributed by atoms with E-state index in [9.17, 15) is 9.59 Å². The number of anilines is 1. The van der Waals surface area contributed by atoms with Gasteiger partial charge in [-0.05, 0) is 47.6 Å². The van der Waals surface area contributed by atoms with E-state index in [-0.39, 0.29) is 18.4 Å². The molecule has 3 aromatic carbocycles. The molecular formula is C34H35N5O2. The number of amides is 2. The molecule has 2 fully saturated rings. The SMILES string of the molecule is O=C(CN(CC1CC1)C(=O)Cc1ccccc1)N1CCN(c2ccc(-c3ccc(-c4ccccc4)cc3)nn2)CC1. The summed E-state index contributed by atoms with van der Waals surface area (Å²) in [4.78, 5) is 32.1. The first kappa shape index (κ1) is 26.7. The Bertz CT molecular complexity index is 1450. The van der Waals surface area contributed by atoms with Crippen LogP contribution in [0.1, 0.15) is 18.4 Å². The monoisotopic (exact) mass is 545 g/mol. The van der Waals surface area contributed by atoms with Crippen LogP contribution < -0.4 is 4.90 Å². The van der Waals surface area contributed by atoms with Gasteiger partial charge in [-0.3, -0.25) is 9.59 Å². The van der Waals surface area contributed by atoms with Crippen LogP contribution in [0.3, 0.4) is 0 Å². The summed E-state index contributed by atoms with van der Waals surface area (Å²) in [6.45, 7) is 3.41. The average molecular weight is 546 g/mol. The summed E-state index contributed by atoms with van der Waals surface area (Å²) in [5.74, 6) is 1.39. The smallest absolute Gasteiger partial charge is 0.242 e. The first-order valence-electron chi connectivity index (χ1n) is 14.5. The Morgan fingerprint density at radius 3 is 1.98 bits per heavy atom. The molecule has 1 aromatic heterocycles. The lowest BCUT2D eigenvalue weighted by atomic mass is 10.0. The van der Waals surface area contributed by atoms with Crippen LogP contribution in [0.25, 0.3) is 22.4 Å². The van der Waals surface area contributed by atoms with Gasteiger partial charge in [0, 0.05) is 38.3 Å². The zero-order valence-electron chi connectivity index (χ0n) is 23.2. The first-order valence-corrected chi connectivity index (χ1v) is 14.5. The van der Waals surface area contributed by atoms with Crippen LogP contribution in [-0.2, 0) is 16.0 Å². The number of hydrogen-bond donors (Lipinski definition) is 0. The second-order valence-electron chi connectivity index (χ2n) is 11.0. The zero-order valence-corrected chi connectivity index (χ0v) is 23.2. The van der Waals surface area contributed by atoms with Gasteiger partial charge < -0.3 is 14.7 Å². The summed E-state index contributed by atoms with van der Waals surface area (Å²) < 4.78 is 0. The lowest BCUT2D eigenvalue weighted by Crippen LogP contribution is -2.52. The van der Waals surface area contributed by atoms with Gasteiger partial charge in [-0.1, -0.05) is 84.9 Å². The quantitative estimate of drug-likeness (QED) is 0.298. The van der Waals surface area contributed by atoms with Crippen molar-refractivity contribution in [3.05, 3.63) is 103 Å². The van der Waals surface area contributed by atoms with E-state index < -0.39 is 0 Å². The van der Waals surface area contributed by atoms with E-state index in [2.05, 4.69) is 51.5 Å². The van der Waals surface area contributed by atoms with Crippen molar-refractivity contribution in [1.82, 2.24) is 20.0 Å². The molecule has 1 saturated carbocycles. The van der Waals surface area contributed by atoms with Gasteiger partial charge in [-0.15, -0.1) is 10.2 Å². The number of carbonyl (C=O) groups is 2. The fourth-order valence-electron chi connectivity index (χ4n) is 5.31. The van der Waals surface area contributed by atoms with Gasteiger partial charge in [-0.25, -0.2) is 0 Å². The van der Waals surface area contributed by atoms with E-state index in [1.54, 1.807) is 4.90 Å². The zero-order chi connectivity index (χ0) is 28.0. The molecule has 0 N–H and O–H groups in total. The molecule has 2 amide bonds. The van der Waals surface area contributed by atoms with E-state index in [0.717, 1.165) is 35.5 Å². The van der Waals surface area contributed by atoms with Crippen molar-refractivity contribution >= 4 is 17.6 Å². The van der Waals surface area contributed by atoms with Gasteiger partial charge in [0.15, 0.2) is 5.82 Å². The normalized spacial score (nSPS) is 15.0. The summed E-state index contributed by atoms with van der Waals surface area (Å²) in [5.41, 5.74) is 5.19. The molecule has 0 atom stereocenters. The second kappa shape index (κ2) is 12.3. The van der Waals surface area contributed by atoms with E-state index in [4.69, 9.17) is 0 Å². The number of rotatable bonds is 9. The minimum absolute atomic E-state index is 0.0205. The minimum Gasteiger partial charge on any atom is -0.352 e. The lowest BCUT2D eigenvalue weighted by molar-refractivity contribution is -0.140. The Balaban J connectivity index is 1.02. The van der Waals surface area contributed by atoms with Gasteiger partial charge >= 0.3 is 0 Å². The molecule has 208 valence electrons. The molecule has 41 heavy (non-hydrogen) atoms. The van der Waals surface area contributed by atoms with E-state index in [1.165, 1.54) is 11.1 Å². The maximum Gasteiger partial charge on any atom is 0.242 e. The fourth-order valence-corrected chi connectivity index (χ4v) is 5.31. The molecule has 1 aliphatic carbocycles. The summed E-state index contributed by atoms with van der Waals surface area (Å²) in [6, 6.07) is 32.5. The number of carbonyl (C=O) groups excluding carboxylic acids is 2. The number of hydrogen-bond acceptors (Lipinski definition) is 5. The highest BCUT2D eigenvalue weighted by Crippen LogP contribution is 2.30. The van der Waals surface area contributed by atoms with Crippen LogP contribution in [0.2, 0.25) is 0 Å². The second-order valence-corrected chi connectivity index (χ2v) is 11.0. The predicted molar refractivity (Wildman–Crippen MR) is 161 cm³/mol. The van der Waals surface area contributed by atoms with Gasteiger partial charge in [-0.2, -0.15) is 0 Å². The number of nitrogens with zero attached hydrogens (tertiary/aromatic N) is 5. The summed E-state index contributed by atoms with van der Waals surface area (Å²) in [6.07, 6.45) is 2.61. The topological polar surface area (TPSA) is 69.6 Å². The number of benzene rings is 3. The highest BCUT2D eigenvalue weighted by molar-refractivity contribution is 5.86. The molecule has 1 aliphatic heterocycles. The first-order chi connectivity index (χ1) is 20.1. The van der Waals surface area contributed by atoms with Crippen LogP contribution in [0.4, 0.5) is 5.82 Å². The van der Waals surface area contributed by atoms with Crippen LogP contribution in [0.5, 0.6) is 0 Å². The van der Waals surface area contributed by atoms with E-state index in [1.807, 2.05) is 65.6 Å². The molecule has 4 aromatic rings. The Kier molecular flexibility index (Phi) is 8.03. The maximum absolute atomic E-state index is 13.2. The maximum atomic E-state index is 13.2. The predicted octanol–water partition coefficient (Wildman–Crippen LogP) is 4.94. The minimum atomic E-state index is 0.0205. The summed E-state index contributed by atoms with van der Waals surface area (Å²) in [5, 5.41) is 8.99. The fraction of sp³-hybridized carbons (Fsp3) is 0.294. The van der Waals surface area contributed by atoms with Crippen molar-refractivity contribution in [1.29, 1.82) is 0 Å². The molecule has 2 aliphatic rings. The van der Waals surface area contributed by atoms with Crippen molar-refractivity contribution in [3.63, 3.8) is 0 Å². The van der Waals surface area contributed by atoms with Crippen molar-refractivity contribution in [2.45, 2.75) is 19.3 Å². The van der Waals surface area contributed by atoms with Crippen molar-refractivity contribution in [2.24, 2.45) is 5.92 Å². The van der Waals surface area contributed by atoms with E-state index in [0.29, 0.717) is 45.1 Å². The molecular weight excluding hydrogens is 510 g/mol. The third-order valence-electron chi connectivity index (χ3n) is 7.95. The van der Waals surface area contributed by atoms with Crippen molar-refractivity contribution in [3.8, 4) is 22.4 Å². The standard InChI is InChI=1S/C34H35N5O2/c40-33(23-26-7-3-1-4-8-26)39(24-27-11-12-27)25-34(41)38-21-19-37(20-22-38)32-18-17-31(35-36-32)30-15-13-29(14-16-30)28-9-5-2-6-10-28/h1-10,13-18,27H,11-12,19-25H2. The van der Waals surface area contributed by atoms with Crippen LogP contribution in [-0.4, -0.2) is 71.1 Å². The van der Waals surface area contributed by atoms with Crippen LogP contribution in [0.15, 0.2) is 97.1 Å². The van der Waals surface area contributed by atoms with Gasteiger partial charge in [0.1, 0.15) is 0 Å². The van der Waals surface area contributed by atoms with Crippen LogP contribution >= 0.6 is 0 Å². The number of piperazine rings is 1. The van der Waals surface area contributed by atoms with Crippen LogP contribution in [0, 0.1) is 5.92 Å². The molecule has 1 saturated heterocycles. The van der Waals surface area contributed by atoms with Crippen molar-refractivity contribution < 1.29 is 9.59 Å². The molecule has 0 radical (unpaired) electrons. The molecule has 6 rings (SSSR count). The molecule has 0 spiro atoms. The summed E-state index contributed by atoms with van der Waals surface area (Å²) >= 11 is 0. The Hall–Kier alpha value is -4.52. The molecule has 7 nitrogen and oxygen atoms in total. The molecule has 2 heterocycles.